The highest BCUT2D eigenvalue weighted by Crippen LogP contribution is 2.22. The summed E-state index contributed by atoms with van der Waals surface area (Å²) in [5, 5.41) is 3.13. The van der Waals surface area contributed by atoms with Gasteiger partial charge in [-0.3, -0.25) is 0 Å². The maximum Gasteiger partial charge on any atom is 0.0997 e. The van der Waals surface area contributed by atoms with Gasteiger partial charge >= 0.3 is 0 Å². The van der Waals surface area contributed by atoms with Gasteiger partial charge in [0.05, 0.1) is 32.2 Å². The van der Waals surface area contributed by atoms with Crippen molar-refractivity contribution in [2.24, 2.45) is 5.92 Å². The lowest BCUT2D eigenvalue weighted by molar-refractivity contribution is 0.228. The van der Waals surface area contributed by atoms with Crippen LogP contribution in [0.4, 0.5) is 0 Å². The lowest BCUT2D eigenvalue weighted by Gasteiger charge is -2.19. The second kappa shape index (κ2) is 4.92. The number of hydrogen-bond donors (Lipinski definition) is 1. The van der Waals surface area contributed by atoms with Crippen LogP contribution < -0.4 is 5.32 Å². The molecular formula is C10H17NO2. The van der Waals surface area contributed by atoms with Crippen molar-refractivity contribution in [1.82, 2.24) is 5.32 Å². The van der Waals surface area contributed by atoms with Crippen LogP contribution in [-0.4, -0.2) is 27.8 Å². The second-order valence-corrected chi connectivity index (χ2v) is 3.07. The zero-order valence-corrected chi connectivity index (χ0v) is 8.46. The summed E-state index contributed by atoms with van der Waals surface area (Å²) >= 11 is 0. The third-order valence-corrected chi connectivity index (χ3v) is 2.11. The normalized spacial score (nSPS) is 17.8. The number of rotatable bonds is 4. The molecule has 0 amide bonds. The molecule has 0 bridgehead atoms. The molecule has 0 aromatic carbocycles. The fraction of sp³-hybridized carbons (Fsp3) is 0.600. The van der Waals surface area contributed by atoms with Gasteiger partial charge in [-0.15, -0.1) is 0 Å². The van der Waals surface area contributed by atoms with Gasteiger partial charge in [0.25, 0.3) is 0 Å². The van der Waals surface area contributed by atoms with E-state index < -0.39 is 0 Å². The molecule has 1 aliphatic carbocycles. The van der Waals surface area contributed by atoms with Crippen molar-refractivity contribution in [2.45, 2.75) is 6.42 Å². The summed E-state index contributed by atoms with van der Waals surface area (Å²) in [6.45, 7) is 0.916. The molecule has 1 N–H and O–H groups in total. The monoisotopic (exact) mass is 183 g/mol. The standard InChI is InChI=1S/C10H17NO2/c1-11-7-8-4-9(12-2)6-10(5-8)13-3/h4-5,8,11H,6-7H2,1-3H3. The highest BCUT2D eigenvalue weighted by Gasteiger charge is 2.14. The minimum absolute atomic E-state index is 0.378. The maximum absolute atomic E-state index is 5.21. The van der Waals surface area contributed by atoms with Gasteiger partial charge in [0.2, 0.25) is 0 Å². The average Bonchev–Trinajstić information content (AvgIpc) is 2.17. The number of nitrogens with one attached hydrogen (secondary N) is 1. The van der Waals surface area contributed by atoms with Crippen molar-refractivity contribution < 1.29 is 9.47 Å². The van der Waals surface area contributed by atoms with E-state index in [9.17, 15) is 0 Å². The molecule has 0 aromatic heterocycles. The molecular weight excluding hydrogens is 166 g/mol. The molecule has 0 saturated heterocycles. The summed E-state index contributed by atoms with van der Waals surface area (Å²) in [6.07, 6.45) is 5.02. The SMILES string of the molecule is CNCC1C=C(OC)CC(OC)=C1. The van der Waals surface area contributed by atoms with Crippen LogP contribution in [-0.2, 0) is 9.47 Å². The van der Waals surface area contributed by atoms with E-state index in [0.717, 1.165) is 24.5 Å². The van der Waals surface area contributed by atoms with Crippen molar-refractivity contribution in [3.8, 4) is 0 Å². The van der Waals surface area contributed by atoms with Crippen LogP contribution in [0.2, 0.25) is 0 Å². The minimum Gasteiger partial charge on any atom is -0.501 e. The van der Waals surface area contributed by atoms with E-state index in [2.05, 4.69) is 17.5 Å². The highest BCUT2D eigenvalue weighted by molar-refractivity contribution is 5.18. The Morgan fingerprint density at radius 3 is 2.23 bits per heavy atom. The smallest absolute Gasteiger partial charge is 0.0997 e. The van der Waals surface area contributed by atoms with Crippen LogP contribution in [0, 0.1) is 5.92 Å². The van der Waals surface area contributed by atoms with Crippen LogP contribution in [0.1, 0.15) is 6.42 Å². The lowest BCUT2D eigenvalue weighted by atomic mass is 10.0. The van der Waals surface area contributed by atoms with E-state index in [-0.39, 0.29) is 0 Å². The fourth-order valence-electron chi connectivity index (χ4n) is 1.45. The van der Waals surface area contributed by atoms with Gasteiger partial charge in [-0.25, -0.2) is 0 Å². The number of ether oxygens (including phenoxy) is 2. The molecule has 0 saturated carbocycles. The molecule has 0 aliphatic heterocycles. The quantitative estimate of drug-likeness (QED) is 0.712. The Hall–Kier alpha value is -0.960. The molecule has 13 heavy (non-hydrogen) atoms. The van der Waals surface area contributed by atoms with Gasteiger partial charge < -0.3 is 14.8 Å². The Morgan fingerprint density at radius 1 is 1.31 bits per heavy atom. The van der Waals surface area contributed by atoms with Crippen molar-refractivity contribution in [3.05, 3.63) is 23.7 Å². The molecule has 0 heterocycles. The van der Waals surface area contributed by atoms with E-state index >= 15 is 0 Å². The van der Waals surface area contributed by atoms with Crippen molar-refractivity contribution in [3.63, 3.8) is 0 Å². The third-order valence-electron chi connectivity index (χ3n) is 2.11. The zero-order valence-electron chi connectivity index (χ0n) is 8.46. The molecule has 3 nitrogen and oxygen atoms in total. The first-order valence-corrected chi connectivity index (χ1v) is 4.44. The average molecular weight is 183 g/mol. The predicted molar refractivity (Wildman–Crippen MR) is 52.2 cm³/mol. The van der Waals surface area contributed by atoms with E-state index in [1.807, 2.05) is 7.05 Å². The Bertz CT molecular complexity index is 201. The molecule has 0 atom stereocenters. The number of methoxy groups -OCH3 is 2. The third kappa shape index (κ3) is 2.77. The summed E-state index contributed by atoms with van der Waals surface area (Å²) < 4.78 is 10.4. The van der Waals surface area contributed by atoms with Crippen LogP contribution in [0.3, 0.4) is 0 Å². The fourth-order valence-corrected chi connectivity index (χ4v) is 1.45. The van der Waals surface area contributed by atoms with Crippen molar-refractivity contribution in [2.75, 3.05) is 27.8 Å². The summed E-state index contributed by atoms with van der Waals surface area (Å²) in [7, 11) is 5.33. The highest BCUT2D eigenvalue weighted by atomic mass is 16.5. The van der Waals surface area contributed by atoms with E-state index in [1.165, 1.54) is 0 Å². The van der Waals surface area contributed by atoms with E-state index in [1.54, 1.807) is 14.2 Å². The molecule has 74 valence electrons. The van der Waals surface area contributed by atoms with Crippen molar-refractivity contribution in [1.29, 1.82) is 0 Å². The maximum atomic E-state index is 5.21. The van der Waals surface area contributed by atoms with Gasteiger partial charge in [0.1, 0.15) is 0 Å². The topological polar surface area (TPSA) is 30.5 Å². The summed E-state index contributed by atoms with van der Waals surface area (Å²) in [5.41, 5.74) is 0. The van der Waals surface area contributed by atoms with Crippen LogP contribution in [0.5, 0.6) is 0 Å². The predicted octanol–water partition coefficient (Wildman–Crippen LogP) is 1.29. The summed E-state index contributed by atoms with van der Waals surface area (Å²) in [4.78, 5) is 0. The first-order valence-electron chi connectivity index (χ1n) is 4.44. The molecule has 0 radical (unpaired) electrons. The lowest BCUT2D eigenvalue weighted by Crippen LogP contribution is -2.18. The van der Waals surface area contributed by atoms with Gasteiger partial charge in [-0.1, -0.05) is 0 Å². The summed E-state index contributed by atoms with van der Waals surface area (Å²) in [6, 6.07) is 0. The zero-order chi connectivity index (χ0) is 9.68. The molecule has 0 aromatic rings. The Kier molecular flexibility index (Phi) is 3.83. The molecule has 0 fully saturated rings. The first-order chi connectivity index (χ1) is 6.30. The van der Waals surface area contributed by atoms with Crippen molar-refractivity contribution >= 4 is 0 Å². The molecule has 0 spiro atoms. The Morgan fingerprint density at radius 2 is 1.85 bits per heavy atom. The molecule has 1 rings (SSSR count). The number of hydrogen-bond acceptors (Lipinski definition) is 3. The van der Waals surface area contributed by atoms with Crippen LogP contribution >= 0.6 is 0 Å². The minimum atomic E-state index is 0.378. The first kappa shape index (κ1) is 10.1. The summed E-state index contributed by atoms with van der Waals surface area (Å²) in [5.74, 6) is 2.35. The van der Waals surface area contributed by atoms with Crippen LogP contribution in [0.25, 0.3) is 0 Å². The Labute approximate surface area is 79.4 Å². The van der Waals surface area contributed by atoms with Crippen LogP contribution in [0.15, 0.2) is 23.7 Å². The second-order valence-electron chi connectivity index (χ2n) is 3.07. The van der Waals surface area contributed by atoms with Gasteiger partial charge in [-0.05, 0) is 19.2 Å². The van der Waals surface area contributed by atoms with Gasteiger partial charge in [0, 0.05) is 12.5 Å². The van der Waals surface area contributed by atoms with E-state index in [0.29, 0.717) is 5.92 Å². The largest absolute Gasteiger partial charge is 0.501 e. The Balaban J connectivity index is 2.64. The van der Waals surface area contributed by atoms with Gasteiger partial charge in [0.15, 0.2) is 0 Å². The molecule has 1 aliphatic rings. The van der Waals surface area contributed by atoms with Gasteiger partial charge in [-0.2, -0.15) is 0 Å². The molecule has 0 unspecified atom stereocenters. The molecule has 3 heteroatoms. The van der Waals surface area contributed by atoms with E-state index in [4.69, 9.17) is 9.47 Å².